The van der Waals surface area contributed by atoms with Gasteiger partial charge in [-0.3, -0.25) is 4.79 Å². The highest BCUT2D eigenvalue weighted by atomic mass is 16.5. The molecule has 0 atom stereocenters. The number of ether oxygens (including phenoxy) is 1. The number of aromatic amines is 1. The van der Waals surface area contributed by atoms with Gasteiger partial charge in [-0.1, -0.05) is 48.5 Å². The Morgan fingerprint density at radius 1 is 0.929 bits per heavy atom. The van der Waals surface area contributed by atoms with Crippen molar-refractivity contribution in [3.63, 3.8) is 0 Å². The smallest absolute Gasteiger partial charge is 0.342 e. The van der Waals surface area contributed by atoms with Crippen LogP contribution in [0.3, 0.4) is 0 Å². The van der Waals surface area contributed by atoms with Gasteiger partial charge in [-0.05, 0) is 24.3 Å². The van der Waals surface area contributed by atoms with Crippen LogP contribution in [0, 0.1) is 0 Å². The van der Waals surface area contributed by atoms with Crippen molar-refractivity contribution in [3.05, 3.63) is 96.4 Å². The zero-order chi connectivity index (χ0) is 19.3. The first kappa shape index (κ1) is 17.5. The van der Waals surface area contributed by atoms with Crippen molar-refractivity contribution >= 4 is 11.8 Å². The summed E-state index contributed by atoms with van der Waals surface area (Å²) in [6, 6.07) is 22.2. The van der Waals surface area contributed by atoms with E-state index >= 15 is 0 Å². The summed E-state index contributed by atoms with van der Waals surface area (Å²) in [7, 11) is 0. The van der Waals surface area contributed by atoms with Gasteiger partial charge in [0.05, 0.1) is 11.4 Å². The SMILES string of the molecule is O=C(COC(=O)c1cn(-c2ccccc2)nc1-c1ccccc1)c1ccc[nH]1. The number of esters is 1. The molecule has 0 aliphatic carbocycles. The number of nitrogens with one attached hydrogen (secondary N) is 1. The fourth-order valence-electron chi connectivity index (χ4n) is 2.84. The van der Waals surface area contributed by atoms with Gasteiger partial charge in [0.1, 0.15) is 11.3 Å². The third kappa shape index (κ3) is 3.61. The van der Waals surface area contributed by atoms with Crippen LogP contribution in [-0.4, -0.2) is 33.1 Å². The summed E-state index contributed by atoms with van der Waals surface area (Å²) < 4.78 is 6.89. The summed E-state index contributed by atoms with van der Waals surface area (Å²) in [5.74, 6) is -0.893. The van der Waals surface area contributed by atoms with Gasteiger partial charge in [0.15, 0.2) is 6.61 Å². The van der Waals surface area contributed by atoms with Crippen LogP contribution in [0.15, 0.2) is 85.2 Å². The fraction of sp³-hybridized carbons (Fsp3) is 0.0455. The van der Waals surface area contributed by atoms with E-state index in [1.807, 2.05) is 60.7 Å². The van der Waals surface area contributed by atoms with E-state index in [1.165, 1.54) is 0 Å². The number of ketones is 1. The molecule has 138 valence electrons. The molecule has 0 saturated carbocycles. The van der Waals surface area contributed by atoms with Crippen molar-refractivity contribution in [2.75, 3.05) is 6.61 Å². The molecule has 0 fully saturated rings. The molecular formula is C22H17N3O3. The van der Waals surface area contributed by atoms with Crippen LogP contribution in [0.25, 0.3) is 16.9 Å². The molecule has 1 N–H and O–H groups in total. The second-order valence-corrected chi connectivity index (χ2v) is 6.12. The number of nitrogens with zero attached hydrogens (tertiary/aromatic N) is 2. The normalized spacial score (nSPS) is 10.6. The van der Waals surface area contributed by atoms with Crippen molar-refractivity contribution in [3.8, 4) is 16.9 Å². The van der Waals surface area contributed by atoms with E-state index in [9.17, 15) is 9.59 Å². The number of H-pyrrole nitrogens is 1. The number of hydrogen-bond donors (Lipinski definition) is 1. The van der Waals surface area contributed by atoms with E-state index < -0.39 is 5.97 Å². The molecule has 6 heteroatoms. The number of Topliss-reactive ketones (excluding diaryl/α,β-unsaturated/α-hetero) is 1. The molecular weight excluding hydrogens is 354 g/mol. The van der Waals surface area contributed by atoms with Crippen molar-refractivity contribution in [1.82, 2.24) is 14.8 Å². The number of aromatic nitrogens is 3. The minimum absolute atomic E-state index is 0.296. The first-order valence-electron chi connectivity index (χ1n) is 8.76. The molecule has 0 saturated heterocycles. The minimum Gasteiger partial charge on any atom is -0.454 e. The Labute approximate surface area is 161 Å². The molecule has 0 bridgehead atoms. The second kappa shape index (κ2) is 7.75. The number of hydrogen-bond acceptors (Lipinski definition) is 4. The van der Waals surface area contributed by atoms with Gasteiger partial charge in [0.2, 0.25) is 5.78 Å². The molecule has 0 aliphatic heterocycles. The predicted molar refractivity (Wildman–Crippen MR) is 104 cm³/mol. The highest BCUT2D eigenvalue weighted by Gasteiger charge is 2.21. The maximum Gasteiger partial charge on any atom is 0.342 e. The lowest BCUT2D eigenvalue weighted by Crippen LogP contribution is -2.14. The Kier molecular flexibility index (Phi) is 4.84. The summed E-state index contributed by atoms with van der Waals surface area (Å²) >= 11 is 0. The maximum atomic E-state index is 12.7. The number of carbonyl (C=O) groups excluding carboxylic acids is 2. The molecule has 28 heavy (non-hydrogen) atoms. The Morgan fingerprint density at radius 3 is 2.32 bits per heavy atom. The fourth-order valence-corrected chi connectivity index (χ4v) is 2.84. The van der Waals surface area contributed by atoms with Crippen LogP contribution in [0.1, 0.15) is 20.8 Å². The van der Waals surface area contributed by atoms with E-state index in [4.69, 9.17) is 4.74 Å². The summed E-state index contributed by atoms with van der Waals surface area (Å²) in [4.78, 5) is 27.6. The Morgan fingerprint density at radius 2 is 1.64 bits per heavy atom. The van der Waals surface area contributed by atoms with Crippen LogP contribution in [0.5, 0.6) is 0 Å². The Bertz CT molecular complexity index is 1080. The summed E-state index contributed by atoms with van der Waals surface area (Å²) in [5, 5.41) is 4.57. The average Bonchev–Trinajstić information content (AvgIpc) is 3.43. The largest absolute Gasteiger partial charge is 0.454 e. The van der Waals surface area contributed by atoms with Gasteiger partial charge >= 0.3 is 5.97 Å². The number of carbonyl (C=O) groups is 2. The summed E-state index contributed by atoms with van der Waals surface area (Å²) in [6.45, 7) is -0.343. The van der Waals surface area contributed by atoms with Crippen LogP contribution in [-0.2, 0) is 4.74 Å². The average molecular weight is 371 g/mol. The molecule has 0 radical (unpaired) electrons. The lowest BCUT2D eigenvalue weighted by molar-refractivity contribution is 0.0474. The molecule has 2 heterocycles. The molecule has 0 spiro atoms. The van der Waals surface area contributed by atoms with Crippen molar-refractivity contribution in [1.29, 1.82) is 0 Å². The number of para-hydroxylation sites is 1. The van der Waals surface area contributed by atoms with E-state index in [0.717, 1.165) is 11.3 Å². The molecule has 2 aromatic heterocycles. The quantitative estimate of drug-likeness (QED) is 0.412. The minimum atomic E-state index is -0.596. The monoisotopic (exact) mass is 371 g/mol. The molecule has 4 rings (SSSR count). The molecule has 2 aromatic carbocycles. The number of benzene rings is 2. The summed E-state index contributed by atoms with van der Waals surface area (Å²) in [5.41, 5.74) is 2.81. The van der Waals surface area contributed by atoms with Crippen LogP contribution in [0.4, 0.5) is 0 Å². The van der Waals surface area contributed by atoms with E-state index in [-0.39, 0.29) is 12.4 Å². The van der Waals surface area contributed by atoms with E-state index in [1.54, 1.807) is 29.2 Å². The van der Waals surface area contributed by atoms with Crippen molar-refractivity contribution < 1.29 is 14.3 Å². The molecule has 0 aliphatic rings. The van der Waals surface area contributed by atoms with Gasteiger partial charge in [-0.15, -0.1) is 0 Å². The standard InChI is InChI=1S/C22H17N3O3/c26-20(19-12-7-13-23-19)15-28-22(27)18-14-25(17-10-5-2-6-11-17)24-21(18)16-8-3-1-4-9-16/h1-14,23H,15H2. The van der Waals surface area contributed by atoms with E-state index in [0.29, 0.717) is 17.0 Å². The van der Waals surface area contributed by atoms with Gasteiger partial charge in [0.25, 0.3) is 0 Å². The maximum absolute atomic E-state index is 12.7. The van der Waals surface area contributed by atoms with Crippen LogP contribution >= 0.6 is 0 Å². The predicted octanol–water partition coefficient (Wildman–Crippen LogP) is 3.91. The van der Waals surface area contributed by atoms with Gasteiger partial charge in [-0.25, -0.2) is 9.48 Å². The van der Waals surface area contributed by atoms with Crippen molar-refractivity contribution in [2.45, 2.75) is 0 Å². The zero-order valence-electron chi connectivity index (χ0n) is 14.9. The number of rotatable bonds is 6. The third-order valence-corrected chi connectivity index (χ3v) is 4.23. The van der Waals surface area contributed by atoms with E-state index in [2.05, 4.69) is 10.1 Å². The highest BCUT2D eigenvalue weighted by molar-refractivity contribution is 6.00. The summed E-state index contributed by atoms with van der Waals surface area (Å²) in [6.07, 6.45) is 3.27. The Balaban J connectivity index is 1.63. The van der Waals surface area contributed by atoms with Crippen LogP contribution in [0.2, 0.25) is 0 Å². The molecule has 0 amide bonds. The van der Waals surface area contributed by atoms with Gasteiger partial charge in [-0.2, -0.15) is 5.10 Å². The third-order valence-electron chi connectivity index (χ3n) is 4.23. The van der Waals surface area contributed by atoms with Crippen molar-refractivity contribution in [2.24, 2.45) is 0 Å². The molecule has 0 unspecified atom stereocenters. The topological polar surface area (TPSA) is 77.0 Å². The first-order chi connectivity index (χ1) is 13.7. The first-order valence-corrected chi connectivity index (χ1v) is 8.76. The lowest BCUT2D eigenvalue weighted by Gasteiger charge is -2.04. The zero-order valence-corrected chi connectivity index (χ0v) is 14.9. The van der Waals surface area contributed by atoms with Gasteiger partial charge < -0.3 is 9.72 Å². The Hall–Kier alpha value is -3.93. The van der Waals surface area contributed by atoms with Crippen LogP contribution < -0.4 is 0 Å². The molecule has 4 aromatic rings. The molecule has 6 nitrogen and oxygen atoms in total. The van der Waals surface area contributed by atoms with Gasteiger partial charge in [0, 0.05) is 18.0 Å². The lowest BCUT2D eigenvalue weighted by atomic mass is 10.1. The second-order valence-electron chi connectivity index (χ2n) is 6.12. The highest BCUT2D eigenvalue weighted by Crippen LogP contribution is 2.24.